The van der Waals surface area contributed by atoms with Crippen molar-refractivity contribution in [2.24, 2.45) is 0 Å². The highest BCUT2D eigenvalue weighted by molar-refractivity contribution is 6.32. The van der Waals surface area contributed by atoms with E-state index in [-0.39, 0.29) is 23.1 Å². The van der Waals surface area contributed by atoms with Gasteiger partial charge in [0, 0.05) is 18.4 Å². The second-order valence-electron chi connectivity index (χ2n) is 5.22. The lowest BCUT2D eigenvalue weighted by molar-refractivity contribution is 0.0670. The van der Waals surface area contributed by atoms with Crippen LogP contribution in [-0.4, -0.2) is 26.8 Å². The average molecular weight is 302 g/mol. The Hall–Kier alpha value is -1.94. The van der Waals surface area contributed by atoms with E-state index in [9.17, 15) is 4.79 Å². The van der Waals surface area contributed by atoms with Crippen molar-refractivity contribution >= 4 is 17.5 Å². The topological polar surface area (TPSA) is 46.1 Å². The van der Waals surface area contributed by atoms with Gasteiger partial charge in [-0.2, -0.15) is 0 Å². The van der Waals surface area contributed by atoms with Crippen LogP contribution in [-0.2, 0) is 0 Å². The summed E-state index contributed by atoms with van der Waals surface area (Å²) < 4.78 is 0. The fourth-order valence-electron chi connectivity index (χ4n) is 2.46. The first-order chi connectivity index (χ1) is 10.2. The summed E-state index contributed by atoms with van der Waals surface area (Å²) in [5.74, 6) is -0.0752. The summed E-state index contributed by atoms with van der Waals surface area (Å²) >= 11 is 6.06. The number of carbonyl (C=O) groups is 1. The molecule has 2 aromatic rings. The van der Waals surface area contributed by atoms with Crippen molar-refractivity contribution in [3.8, 4) is 0 Å². The van der Waals surface area contributed by atoms with Crippen molar-refractivity contribution in [3.63, 3.8) is 0 Å². The molecule has 1 fully saturated rings. The van der Waals surface area contributed by atoms with Crippen molar-refractivity contribution in [2.75, 3.05) is 0 Å². The molecule has 1 aliphatic rings. The second-order valence-corrected chi connectivity index (χ2v) is 5.57. The van der Waals surface area contributed by atoms with Crippen LogP contribution in [0.1, 0.15) is 41.9 Å². The highest BCUT2D eigenvalue weighted by atomic mass is 35.5. The van der Waals surface area contributed by atoms with E-state index in [4.69, 9.17) is 11.6 Å². The van der Waals surface area contributed by atoms with Crippen molar-refractivity contribution in [2.45, 2.75) is 31.8 Å². The zero-order valence-electron chi connectivity index (χ0n) is 11.7. The van der Waals surface area contributed by atoms with Crippen LogP contribution in [0.2, 0.25) is 5.15 Å². The summed E-state index contributed by atoms with van der Waals surface area (Å²) in [5.41, 5.74) is 1.34. The minimum atomic E-state index is -0.0810. The van der Waals surface area contributed by atoms with Crippen molar-refractivity contribution in [3.05, 3.63) is 59.1 Å². The molecule has 2 heterocycles. The third-order valence-electron chi connectivity index (χ3n) is 3.70. The van der Waals surface area contributed by atoms with Gasteiger partial charge >= 0.3 is 0 Å². The standard InChI is InChI=1S/C16H16ClN3O/c1-11(14-6-2-3-9-18-14)20(12-7-8-12)16(21)13-5-4-10-19-15(13)17/h2-6,9-12H,7-8H2,1H3/t11-/m0/s1. The number of halogens is 1. The fraction of sp³-hybridized carbons (Fsp3) is 0.312. The Morgan fingerprint density at radius 3 is 2.62 bits per heavy atom. The summed E-state index contributed by atoms with van der Waals surface area (Å²) in [4.78, 5) is 23.1. The van der Waals surface area contributed by atoms with Crippen LogP contribution in [0.5, 0.6) is 0 Å². The maximum Gasteiger partial charge on any atom is 0.257 e. The summed E-state index contributed by atoms with van der Waals surface area (Å²) in [7, 11) is 0. The number of pyridine rings is 2. The molecule has 0 unspecified atom stereocenters. The molecule has 0 bridgehead atoms. The number of carbonyl (C=O) groups excluding carboxylic acids is 1. The molecule has 21 heavy (non-hydrogen) atoms. The Bertz CT molecular complexity index is 643. The monoisotopic (exact) mass is 301 g/mol. The first-order valence-corrected chi connectivity index (χ1v) is 7.40. The van der Waals surface area contributed by atoms with E-state index in [0.29, 0.717) is 5.56 Å². The minimum Gasteiger partial charge on any atom is -0.327 e. The lowest BCUT2D eigenvalue weighted by Crippen LogP contribution is -2.36. The zero-order valence-corrected chi connectivity index (χ0v) is 12.5. The molecule has 1 atom stereocenters. The average Bonchev–Trinajstić information content (AvgIpc) is 3.33. The van der Waals surface area contributed by atoms with E-state index >= 15 is 0 Å². The van der Waals surface area contributed by atoms with Gasteiger partial charge in [-0.25, -0.2) is 4.98 Å². The first-order valence-electron chi connectivity index (χ1n) is 7.02. The van der Waals surface area contributed by atoms with Gasteiger partial charge in [0.2, 0.25) is 0 Å². The Morgan fingerprint density at radius 1 is 1.24 bits per heavy atom. The van der Waals surface area contributed by atoms with E-state index in [1.54, 1.807) is 24.5 Å². The number of hydrogen-bond donors (Lipinski definition) is 0. The smallest absolute Gasteiger partial charge is 0.257 e. The number of hydrogen-bond acceptors (Lipinski definition) is 3. The van der Waals surface area contributed by atoms with Gasteiger partial charge in [-0.15, -0.1) is 0 Å². The molecular weight excluding hydrogens is 286 g/mol. The maximum absolute atomic E-state index is 12.8. The van der Waals surface area contributed by atoms with Gasteiger partial charge in [-0.1, -0.05) is 17.7 Å². The van der Waals surface area contributed by atoms with Crippen LogP contribution in [0.3, 0.4) is 0 Å². The Kier molecular flexibility index (Phi) is 3.88. The van der Waals surface area contributed by atoms with E-state index < -0.39 is 0 Å². The largest absolute Gasteiger partial charge is 0.327 e. The van der Waals surface area contributed by atoms with Crippen molar-refractivity contribution in [1.82, 2.24) is 14.9 Å². The molecular formula is C16H16ClN3O. The number of aromatic nitrogens is 2. The molecule has 2 aromatic heterocycles. The number of amides is 1. The highest BCUT2D eigenvalue weighted by Gasteiger charge is 2.37. The molecule has 0 radical (unpaired) electrons. The summed E-state index contributed by atoms with van der Waals surface area (Å²) in [6.07, 6.45) is 5.39. The lowest BCUT2D eigenvalue weighted by atomic mass is 10.1. The summed E-state index contributed by atoms with van der Waals surface area (Å²) in [5, 5.41) is 0.251. The van der Waals surface area contributed by atoms with Gasteiger partial charge in [0.25, 0.3) is 5.91 Å². The van der Waals surface area contributed by atoms with Crippen LogP contribution in [0.15, 0.2) is 42.7 Å². The lowest BCUT2D eigenvalue weighted by Gasteiger charge is -2.29. The molecule has 5 heteroatoms. The van der Waals surface area contributed by atoms with Gasteiger partial charge in [-0.3, -0.25) is 9.78 Å². The van der Waals surface area contributed by atoms with E-state index in [1.807, 2.05) is 30.0 Å². The zero-order chi connectivity index (χ0) is 14.8. The Labute approximate surface area is 128 Å². The predicted molar refractivity (Wildman–Crippen MR) is 81.1 cm³/mol. The van der Waals surface area contributed by atoms with Crippen LogP contribution in [0.25, 0.3) is 0 Å². The summed E-state index contributed by atoms with van der Waals surface area (Å²) in [6.45, 7) is 2.00. The molecule has 0 saturated heterocycles. The molecule has 1 aliphatic carbocycles. The van der Waals surface area contributed by atoms with E-state index in [0.717, 1.165) is 18.5 Å². The van der Waals surface area contributed by atoms with Gasteiger partial charge in [0.05, 0.1) is 17.3 Å². The van der Waals surface area contributed by atoms with Gasteiger partial charge in [0.1, 0.15) is 5.15 Å². The van der Waals surface area contributed by atoms with E-state index in [2.05, 4.69) is 9.97 Å². The molecule has 0 spiro atoms. The highest BCUT2D eigenvalue weighted by Crippen LogP contribution is 2.35. The van der Waals surface area contributed by atoms with Crippen LogP contribution in [0.4, 0.5) is 0 Å². The SMILES string of the molecule is C[C@@H](c1ccccn1)N(C(=O)c1cccnc1Cl)C1CC1. The van der Waals surface area contributed by atoms with Crippen LogP contribution in [0, 0.1) is 0 Å². The first kappa shape index (κ1) is 14.0. The van der Waals surface area contributed by atoms with Crippen LogP contribution < -0.4 is 0 Å². The molecule has 3 rings (SSSR count). The third kappa shape index (κ3) is 2.90. The fourth-order valence-corrected chi connectivity index (χ4v) is 2.66. The van der Waals surface area contributed by atoms with Gasteiger partial charge < -0.3 is 4.90 Å². The summed E-state index contributed by atoms with van der Waals surface area (Å²) in [6, 6.07) is 9.39. The molecule has 1 amide bonds. The van der Waals surface area contributed by atoms with Crippen molar-refractivity contribution < 1.29 is 4.79 Å². The minimum absolute atomic E-state index is 0.0752. The molecule has 0 aliphatic heterocycles. The van der Waals surface area contributed by atoms with Gasteiger partial charge in [-0.05, 0) is 44.0 Å². The third-order valence-corrected chi connectivity index (χ3v) is 4.00. The second kappa shape index (κ2) is 5.82. The quantitative estimate of drug-likeness (QED) is 0.812. The number of nitrogens with zero attached hydrogens (tertiary/aromatic N) is 3. The normalized spacial score (nSPS) is 15.5. The van der Waals surface area contributed by atoms with E-state index in [1.165, 1.54) is 0 Å². The molecule has 1 saturated carbocycles. The molecule has 0 aromatic carbocycles. The Morgan fingerprint density at radius 2 is 2.00 bits per heavy atom. The van der Waals surface area contributed by atoms with Crippen LogP contribution >= 0.6 is 11.6 Å². The predicted octanol–water partition coefficient (Wildman–Crippen LogP) is 3.50. The van der Waals surface area contributed by atoms with Crippen molar-refractivity contribution in [1.29, 1.82) is 0 Å². The molecule has 0 N–H and O–H groups in total. The maximum atomic E-state index is 12.8. The molecule has 108 valence electrons. The Balaban J connectivity index is 1.92. The number of rotatable bonds is 4. The van der Waals surface area contributed by atoms with Gasteiger partial charge in [0.15, 0.2) is 0 Å². The molecule has 4 nitrogen and oxygen atoms in total.